The number of hydrogen-bond donors (Lipinski definition) is 2. The number of halogens is 4. The van der Waals surface area contributed by atoms with Crippen LogP contribution in [0.25, 0.3) is 0 Å². The van der Waals surface area contributed by atoms with Crippen LogP contribution in [0.5, 0.6) is 0 Å². The summed E-state index contributed by atoms with van der Waals surface area (Å²) in [7, 11) is 0. The van der Waals surface area contributed by atoms with E-state index in [0.29, 0.717) is 18.5 Å². The van der Waals surface area contributed by atoms with Gasteiger partial charge in [-0.05, 0) is 35.7 Å². The average Bonchev–Trinajstić information content (AvgIpc) is 2.90. The Kier molecular flexibility index (Phi) is 3.36. The molecule has 1 aliphatic carbocycles. The molecule has 2 aromatic rings. The Morgan fingerprint density at radius 2 is 1.64 bits per heavy atom. The van der Waals surface area contributed by atoms with Crippen LogP contribution in [-0.2, 0) is 18.4 Å². The van der Waals surface area contributed by atoms with Crippen LogP contribution >= 0.6 is 0 Å². The number of aliphatic hydroxyl groups is 1. The predicted octanol–water partition coefficient (Wildman–Crippen LogP) is 3.61. The minimum Gasteiger partial charge on any atom is -0.371 e. The van der Waals surface area contributed by atoms with Crippen LogP contribution in [-0.4, -0.2) is 16.3 Å². The van der Waals surface area contributed by atoms with Crippen molar-refractivity contribution in [3.8, 4) is 0 Å². The van der Waals surface area contributed by atoms with E-state index in [1.54, 1.807) is 0 Å². The van der Waals surface area contributed by atoms with Crippen LogP contribution in [0.1, 0.15) is 22.5 Å². The van der Waals surface area contributed by atoms with Gasteiger partial charge < -0.3 is 10.1 Å². The summed E-state index contributed by atoms with van der Waals surface area (Å²) in [4.78, 5) is 2.68. The Labute approximate surface area is 124 Å². The van der Waals surface area contributed by atoms with E-state index in [2.05, 4.69) is 4.98 Å². The van der Waals surface area contributed by atoms with Gasteiger partial charge in [-0.15, -0.1) is 0 Å². The molecule has 6 heteroatoms. The molecular weight excluding hydrogens is 298 g/mol. The van der Waals surface area contributed by atoms with Crippen LogP contribution < -0.4 is 0 Å². The zero-order chi connectivity index (χ0) is 16.0. The van der Waals surface area contributed by atoms with Crippen molar-refractivity contribution in [2.24, 2.45) is 0 Å². The molecule has 116 valence electrons. The summed E-state index contributed by atoms with van der Waals surface area (Å²) in [6.07, 6.45) is -0.209. The van der Waals surface area contributed by atoms with Crippen molar-refractivity contribution in [1.82, 2.24) is 4.98 Å². The molecule has 2 nitrogen and oxygen atoms in total. The van der Waals surface area contributed by atoms with Crippen LogP contribution in [0.4, 0.5) is 17.6 Å². The maximum absolute atomic E-state index is 13.6. The standard InChI is InChI=1S/C16H13F4NO/c17-12-7-5-11(6-8-12)15(22,16(18,19)20)14-9-10-3-1-2-4-13(10)21-14/h1-2,5-9,21-22H,3-4H2. The van der Waals surface area contributed by atoms with E-state index < -0.39 is 23.2 Å². The Morgan fingerprint density at radius 1 is 1.00 bits per heavy atom. The summed E-state index contributed by atoms with van der Waals surface area (Å²) in [6, 6.07) is 5.02. The van der Waals surface area contributed by atoms with Gasteiger partial charge >= 0.3 is 6.18 Å². The minimum atomic E-state index is -4.94. The molecule has 1 aromatic carbocycles. The van der Waals surface area contributed by atoms with Gasteiger partial charge in [-0.1, -0.05) is 24.3 Å². The third kappa shape index (κ3) is 2.23. The van der Waals surface area contributed by atoms with Gasteiger partial charge in [0.1, 0.15) is 5.82 Å². The summed E-state index contributed by atoms with van der Waals surface area (Å²) >= 11 is 0. The molecule has 1 aromatic heterocycles. The molecule has 0 saturated carbocycles. The Balaban J connectivity index is 2.14. The van der Waals surface area contributed by atoms with E-state index in [0.717, 1.165) is 29.8 Å². The third-order valence-corrected chi connectivity index (χ3v) is 3.88. The maximum atomic E-state index is 13.6. The monoisotopic (exact) mass is 311 g/mol. The first-order valence-electron chi connectivity index (χ1n) is 6.74. The van der Waals surface area contributed by atoms with Crippen molar-refractivity contribution in [2.75, 3.05) is 0 Å². The molecule has 0 bridgehead atoms. The second-order valence-corrected chi connectivity index (χ2v) is 5.28. The first-order chi connectivity index (χ1) is 10.3. The van der Waals surface area contributed by atoms with E-state index in [1.165, 1.54) is 6.07 Å². The predicted molar refractivity (Wildman–Crippen MR) is 72.8 cm³/mol. The van der Waals surface area contributed by atoms with Crippen molar-refractivity contribution in [1.29, 1.82) is 0 Å². The number of aromatic nitrogens is 1. The Morgan fingerprint density at radius 3 is 2.23 bits per heavy atom. The second-order valence-electron chi connectivity index (χ2n) is 5.28. The molecule has 0 fully saturated rings. The molecule has 0 amide bonds. The van der Waals surface area contributed by atoms with Crippen LogP contribution in [0.2, 0.25) is 0 Å². The molecule has 1 heterocycles. The maximum Gasteiger partial charge on any atom is 0.427 e. The number of fused-ring (bicyclic) bond motifs is 1. The van der Waals surface area contributed by atoms with Crippen LogP contribution in [0, 0.1) is 5.82 Å². The van der Waals surface area contributed by atoms with Gasteiger partial charge in [0.2, 0.25) is 5.60 Å². The topological polar surface area (TPSA) is 36.0 Å². The molecule has 1 unspecified atom stereocenters. The third-order valence-electron chi connectivity index (χ3n) is 3.88. The van der Waals surface area contributed by atoms with Gasteiger partial charge in [0.15, 0.2) is 0 Å². The molecular formula is C16H13F4NO. The number of aromatic amines is 1. The highest BCUT2D eigenvalue weighted by Crippen LogP contribution is 2.44. The summed E-state index contributed by atoms with van der Waals surface area (Å²) in [5, 5.41) is 10.4. The highest BCUT2D eigenvalue weighted by Gasteiger charge is 2.57. The lowest BCUT2D eigenvalue weighted by molar-refractivity contribution is -0.249. The van der Waals surface area contributed by atoms with Crippen molar-refractivity contribution in [2.45, 2.75) is 24.6 Å². The fraction of sp³-hybridized carbons (Fsp3) is 0.250. The number of hydrogen-bond acceptors (Lipinski definition) is 1. The molecule has 1 atom stereocenters. The van der Waals surface area contributed by atoms with Crippen molar-refractivity contribution in [3.63, 3.8) is 0 Å². The summed E-state index contributed by atoms with van der Waals surface area (Å²) in [5.74, 6) is -0.664. The molecule has 3 rings (SSSR count). The molecule has 1 aliphatic rings. The number of rotatable bonds is 2. The Bertz CT molecular complexity index is 689. The normalized spacial score (nSPS) is 17.1. The second kappa shape index (κ2) is 4.98. The molecule has 0 aliphatic heterocycles. The first-order valence-corrected chi connectivity index (χ1v) is 6.74. The molecule has 0 saturated heterocycles. The summed E-state index contributed by atoms with van der Waals surface area (Å²) < 4.78 is 53.7. The van der Waals surface area contributed by atoms with Crippen molar-refractivity contribution in [3.05, 3.63) is 70.8 Å². The zero-order valence-electron chi connectivity index (χ0n) is 11.4. The number of H-pyrrole nitrogens is 1. The smallest absolute Gasteiger partial charge is 0.371 e. The number of alkyl halides is 3. The zero-order valence-corrected chi connectivity index (χ0v) is 11.4. The lowest BCUT2D eigenvalue weighted by Crippen LogP contribution is -2.43. The fourth-order valence-electron chi connectivity index (χ4n) is 2.67. The highest BCUT2D eigenvalue weighted by atomic mass is 19.4. The number of nitrogens with one attached hydrogen (secondary N) is 1. The van der Waals surface area contributed by atoms with E-state index in [1.807, 2.05) is 12.2 Å². The van der Waals surface area contributed by atoms with Gasteiger partial charge in [0.05, 0.1) is 5.69 Å². The van der Waals surface area contributed by atoms with Crippen LogP contribution in [0.15, 0.2) is 42.5 Å². The van der Waals surface area contributed by atoms with Crippen molar-refractivity contribution < 1.29 is 22.7 Å². The van der Waals surface area contributed by atoms with E-state index >= 15 is 0 Å². The highest BCUT2D eigenvalue weighted by molar-refractivity contribution is 5.41. The SMILES string of the molecule is OC(c1ccc(F)cc1)(c1cc2c([nH]1)CC=CC2)C(F)(F)F. The van der Waals surface area contributed by atoms with Crippen LogP contribution in [0.3, 0.4) is 0 Å². The van der Waals surface area contributed by atoms with Gasteiger partial charge in [-0.25, -0.2) is 4.39 Å². The van der Waals surface area contributed by atoms with E-state index in [-0.39, 0.29) is 5.69 Å². The number of benzene rings is 1. The van der Waals surface area contributed by atoms with Gasteiger partial charge in [-0.2, -0.15) is 13.2 Å². The lowest BCUT2D eigenvalue weighted by Gasteiger charge is -2.30. The summed E-state index contributed by atoms with van der Waals surface area (Å²) in [6.45, 7) is 0. The van der Waals surface area contributed by atoms with Crippen molar-refractivity contribution >= 4 is 0 Å². The Hall–Kier alpha value is -2.08. The minimum absolute atomic E-state index is 0.347. The molecule has 22 heavy (non-hydrogen) atoms. The average molecular weight is 311 g/mol. The van der Waals surface area contributed by atoms with Gasteiger partial charge in [0.25, 0.3) is 0 Å². The quantitative estimate of drug-likeness (QED) is 0.645. The largest absolute Gasteiger partial charge is 0.427 e. The molecule has 0 spiro atoms. The fourth-order valence-corrected chi connectivity index (χ4v) is 2.67. The number of allylic oxidation sites excluding steroid dienone is 2. The molecule has 2 N–H and O–H groups in total. The lowest BCUT2D eigenvalue weighted by atomic mass is 9.89. The molecule has 0 radical (unpaired) electrons. The van der Waals surface area contributed by atoms with E-state index in [4.69, 9.17) is 0 Å². The first kappa shape index (κ1) is 14.8. The summed E-state index contributed by atoms with van der Waals surface area (Å²) in [5.41, 5.74) is -2.59. The van der Waals surface area contributed by atoms with Gasteiger partial charge in [0, 0.05) is 12.1 Å². The van der Waals surface area contributed by atoms with Gasteiger partial charge in [-0.3, -0.25) is 0 Å². The van der Waals surface area contributed by atoms with E-state index in [9.17, 15) is 22.7 Å².